The van der Waals surface area contributed by atoms with Gasteiger partial charge in [0.25, 0.3) is 5.91 Å². The van der Waals surface area contributed by atoms with Crippen molar-refractivity contribution < 1.29 is 19.8 Å². The first-order valence-electron chi connectivity index (χ1n) is 6.92. The van der Waals surface area contributed by atoms with Crippen LogP contribution in [0.15, 0.2) is 54.6 Å². The Hall–Kier alpha value is -2.66. The Morgan fingerprint density at radius 3 is 2.36 bits per heavy atom. The van der Waals surface area contributed by atoms with Gasteiger partial charge in [-0.3, -0.25) is 9.59 Å². The lowest BCUT2D eigenvalue weighted by atomic mass is 9.92. The zero-order chi connectivity index (χ0) is 15.7. The van der Waals surface area contributed by atoms with Crippen LogP contribution in [0.1, 0.15) is 17.5 Å². The first kappa shape index (κ1) is 14.3. The molecule has 0 fully saturated rings. The smallest absolute Gasteiger partial charge is 0.307 e. The van der Waals surface area contributed by atoms with E-state index in [1.54, 1.807) is 24.3 Å². The van der Waals surface area contributed by atoms with Crippen LogP contribution in [0.25, 0.3) is 0 Å². The number of carbonyl (C=O) groups excluding carboxylic acids is 1. The SMILES string of the molecule is O=C(O)C[C@@]1(O)C(=O)N(Cc2ccccc2)c2ccccc21. The summed E-state index contributed by atoms with van der Waals surface area (Å²) < 4.78 is 0. The van der Waals surface area contributed by atoms with Gasteiger partial charge in [0.2, 0.25) is 0 Å². The van der Waals surface area contributed by atoms with Crippen molar-refractivity contribution in [3.8, 4) is 0 Å². The van der Waals surface area contributed by atoms with E-state index in [1.165, 1.54) is 4.90 Å². The third-order valence-corrected chi connectivity index (χ3v) is 3.83. The van der Waals surface area contributed by atoms with Gasteiger partial charge >= 0.3 is 5.97 Å². The highest BCUT2D eigenvalue weighted by molar-refractivity contribution is 6.08. The molecule has 0 saturated heterocycles. The van der Waals surface area contributed by atoms with Gasteiger partial charge in [0, 0.05) is 5.56 Å². The second kappa shape index (κ2) is 5.27. The van der Waals surface area contributed by atoms with E-state index < -0.39 is 23.9 Å². The minimum Gasteiger partial charge on any atom is -0.481 e. The number of carboxylic acid groups (broad SMARTS) is 1. The van der Waals surface area contributed by atoms with E-state index in [2.05, 4.69) is 0 Å². The molecule has 0 radical (unpaired) electrons. The number of carbonyl (C=O) groups is 2. The lowest BCUT2D eigenvalue weighted by Gasteiger charge is -2.21. The Morgan fingerprint density at radius 2 is 1.68 bits per heavy atom. The molecule has 22 heavy (non-hydrogen) atoms. The topological polar surface area (TPSA) is 77.8 Å². The average molecular weight is 297 g/mol. The summed E-state index contributed by atoms with van der Waals surface area (Å²) in [6.45, 7) is 0.290. The third-order valence-electron chi connectivity index (χ3n) is 3.83. The molecule has 0 spiro atoms. The summed E-state index contributed by atoms with van der Waals surface area (Å²) in [5, 5.41) is 19.7. The van der Waals surface area contributed by atoms with Gasteiger partial charge in [0.05, 0.1) is 18.7 Å². The largest absolute Gasteiger partial charge is 0.481 e. The first-order chi connectivity index (χ1) is 10.5. The number of benzene rings is 2. The second-order valence-corrected chi connectivity index (χ2v) is 5.32. The van der Waals surface area contributed by atoms with Crippen LogP contribution in [-0.4, -0.2) is 22.1 Å². The quantitative estimate of drug-likeness (QED) is 0.903. The molecule has 0 unspecified atom stereocenters. The van der Waals surface area contributed by atoms with E-state index >= 15 is 0 Å². The predicted molar refractivity (Wildman–Crippen MR) is 80.2 cm³/mol. The van der Waals surface area contributed by atoms with Crippen molar-refractivity contribution in [2.75, 3.05) is 4.90 Å². The summed E-state index contributed by atoms with van der Waals surface area (Å²) >= 11 is 0. The maximum absolute atomic E-state index is 12.6. The molecule has 1 amide bonds. The maximum atomic E-state index is 12.6. The number of para-hydroxylation sites is 1. The first-order valence-corrected chi connectivity index (χ1v) is 6.92. The Labute approximate surface area is 127 Å². The Morgan fingerprint density at radius 1 is 1.05 bits per heavy atom. The molecule has 5 nitrogen and oxygen atoms in total. The normalized spacial score (nSPS) is 20.0. The van der Waals surface area contributed by atoms with Gasteiger partial charge in [-0.05, 0) is 11.6 Å². The van der Waals surface area contributed by atoms with Crippen LogP contribution in [-0.2, 0) is 21.7 Å². The maximum Gasteiger partial charge on any atom is 0.307 e. The van der Waals surface area contributed by atoms with Crippen molar-refractivity contribution in [2.45, 2.75) is 18.6 Å². The van der Waals surface area contributed by atoms with Gasteiger partial charge < -0.3 is 15.1 Å². The number of hydrogen-bond donors (Lipinski definition) is 2. The molecule has 1 atom stereocenters. The predicted octanol–water partition coefficient (Wildman–Crippen LogP) is 1.90. The molecule has 2 aromatic rings. The second-order valence-electron chi connectivity index (χ2n) is 5.32. The van der Waals surface area contributed by atoms with Gasteiger partial charge in [-0.1, -0.05) is 48.5 Å². The highest BCUT2D eigenvalue weighted by Crippen LogP contribution is 2.42. The summed E-state index contributed by atoms with van der Waals surface area (Å²) in [6.07, 6.45) is -0.645. The van der Waals surface area contributed by atoms with Gasteiger partial charge in [-0.15, -0.1) is 0 Å². The van der Waals surface area contributed by atoms with Gasteiger partial charge in [-0.2, -0.15) is 0 Å². The Kier molecular flexibility index (Phi) is 3.42. The molecule has 1 heterocycles. The molecule has 2 aromatic carbocycles. The van der Waals surface area contributed by atoms with E-state index in [0.29, 0.717) is 17.8 Å². The highest BCUT2D eigenvalue weighted by Gasteiger charge is 2.50. The van der Waals surface area contributed by atoms with Crippen LogP contribution < -0.4 is 4.90 Å². The van der Waals surface area contributed by atoms with Crippen molar-refractivity contribution in [2.24, 2.45) is 0 Å². The lowest BCUT2D eigenvalue weighted by Crippen LogP contribution is -2.41. The monoisotopic (exact) mass is 297 g/mol. The number of carboxylic acids is 1. The molecule has 1 aliphatic heterocycles. The third kappa shape index (κ3) is 2.25. The summed E-state index contributed by atoms with van der Waals surface area (Å²) in [5.41, 5.74) is -0.194. The number of nitrogens with zero attached hydrogens (tertiary/aromatic N) is 1. The van der Waals surface area contributed by atoms with Crippen molar-refractivity contribution in [3.63, 3.8) is 0 Å². The van der Waals surface area contributed by atoms with Crippen LogP contribution in [0.2, 0.25) is 0 Å². The van der Waals surface area contributed by atoms with Gasteiger partial charge in [-0.25, -0.2) is 0 Å². The number of hydrogen-bond acceptors (Lipinski definition) is 3. The molecule has 112 valence electrons. The van der Waals surface area contributed by atoms with E-state index in [-0.39, 0.29) is 0 Å². The molecule has 3 rings (SSSR count). The molecule has 5 heteroatoms. The fourth-order valence-corrected chi connectivity index (χ4v) is 2.82. The Bertz CT molecular complexity index is 728. The molecule has 0 saturated carbocycles. The van der Waals surface area contributed by atoms with Crippen molar-refractivity contribution >= 4 is 17.6 Å². The van der Waals surface area contributed by atoms with Crippen LogP contribution >= 0.6 is 0 Å². The Balaban J connectivity index is 2.02. The van der Waals surface area contributed by atoms with Crippen molar-refractivity contribution in [1.82, 2.24) is 0 Å². The van der Waals surface area contributed by atoms with E-state index in [9.17, 15) is 14.7 Å². The zero-order valence-corrected chi connectivity index (χ0v) is 11.8. The summed E-state index contributed by atoms with van der Waals surface area (Å²) in [5.74, 6) is -1.81. The summed E-state index contributed by atoms with van der Waals surface area (Å²) in [4.78, 5) is 25.1. The fourth-order valence-electron chi connectivity index (χ4n) is 2.82. The number of amides is 1. The molecular formula is C17H15NO4. The van der Waals surface area contributed by atoms with Crippen molar-refractivity contribution in [1.29, 1.82) is 0 Å². The summed E-state index contributed by atoms with van der Waals surface area (Å²) in [6, 6.07) is 16.1. The molecule has 1 aliphatic rings. The summed E-state index contributed by atoms with van der Waals surface area (Å²) in [7, 11) is 0. The molecule has 2 N–H and O–H groups in total. The van der Waals surface area contributed by atoms with E-state index in [4.69, 9.17) is 5.11 Å². The molecule has 0 bridgehead atoms. The minimum absolute atomic E-state index is 0.290. The fraction of sp³-hybridized carbons (Fsp3) is 0.176. The number of anilines is 1. The number of rotatable bonds is 4. The van der Waals surface area contributed by atoms with Gasteiger partial charge in [0.15, 0.2) is 5.60 Å². The van der Waals surface area contributed by atoms with E-state index in [1.807, 2.05) is 30.3 Å². The number of fused-ring (bicyclic) bond motifs is 1. The lowest BCUT2D eigenvalue weighted by molar-refractivity contribution is -0.150. The van der Waals surface area contributed by atoms with Crippen LogP contribution in [0.4, 0.5) is 5.69 Å². The van der Waals surface area contributed by atoms with Crippen molar-refractivity contribution in [3.05, 3.63) is 65.7 Å². The molecule has 0 aliphatic carbocycles. The molecule has 0 aromatic heterocycles. The highest BCUT2D eigenvalue weighted by atomic mass is 16.4. The van der Waals surface area contributed by atoms with Crippen LogP contribution in [0.3, 0.4) is 0 Å². The number of aliphatic hydroxyl groups is 1. The van der Waals surface area contributed by atoms with Crippen LogP contribution in [0, 0.1) is 0 Å². The van der Waals surface area contributed by atoms with Gasteiger partial charge in [0.1, 0.15) is 0 Å². The minimum atomic E-state index is -2.00. The van der Waals surface area contributed by atoms with E-state index in [0.717, 1.165) is 5.56 Å². The average Bonchev–Trinajstić information content (AvgIpc) is 2.70. The standard InChI is InChI=1S/C17H15NO4/c19-15(20)10-17(22)13-8-4-5-9-14(13)18(16(17)21)11-12-6-2-1-3-7-12/h1-9,22H,10-11H2,(H,19,20)/t17-/m0/s1. The molecular weight excluding hydrogens is 282 g/mol. The number of aliphatic carboxylic acids is 1. The van der Waals surface area contributed by atoms with Crippen LogP contribution in [0.5, 0.6) is 0 Å². The zero-order valence-electron chi connectivity index (χ0n) is 11.8.